The second kappa shape index (κ2) is 2.53. The van der Waals surface area contributed by atoms with Crippen LogP contribution in [0.3, 0.4) is 0 Å². The number of hydrogen-bond acceptors (Lipinski definition) is 1. The Kier molecular flexibility index (Phi) is 2.53. The SMILES string of the molecule is O=P(O)(O)C(F)CF. The Bertz CT molecular complexity index is 110. The van der Waals surface area contributed by atoms with Gasteiger partial charge in [-0.3, -0.25) is 4.57 Å². The van der Waals surface area contributed by atoms with Crippen molar-refractivity contribution >= 4 is 7.60 Å². The molecule has 0 aliphatic rings. The summed E-state index contributed by atoms with van der Waals surface area (Å²) >= 11 is 0. The number of halogens is 2. The van der Waals surface area contributed by atoms with Crippen LogP contribution in [0.1, 0.15) is 0 Å². The van der Waals surface area contributed by atoms with Gasteiger partial charge in [0.2, 0.25) is 5.91 Å². The molecule has 8 heavy (non-hydrogen) atoms. The first-order valence-corrected chi connectivity index (χ1v) is 3.42. The van der Waals surface area contributed by atoms with Crippen molar-refractivity contribution in [2.24, 2.45) is 0 Å². The number of hydrogen-bond donors (Lipinski definition) is 2. The zero-order valence-corrected chi connectivity index (χ0v) is 4.68. The first kappa shape index (κ1) is 8.01. The second-order valence-electron chi connectivity index (χ2n) is 1.18. The van der Waals surface area contributed by atoms with E-state index in [0.29, 0.717) is 0 Å². The van der Waals surface area contributed by atoms with Gasteiger partial charge in [0.15, 0.2) is 0 Å². The molecule has 3 nitrogen and oxygen atoms in total. The van der Waals surface area contributed by atoms with Gasteiger partial charge >= 0.3 is 7.60 Å². The summed E-state index contributed by atoms with van der Waals surface area (Å²) in [5.41, 5.74) is 0. The third kappa shape index (κ3) is 2.35. The van der Waals surface area contributed by atoms with Crippen LogP contribution < -0.4 is 0 Å². The molecule has 2 N–H and O–H groups in total. The zero-order valence-electron chi connectivity index (χ0n) is 3.79. The van der Waals surface area contributed by atoms with Crippen molar-refractivity contribution < 1.29 is 23.1 Å². The highest BCUT2D eigenvalue weighted by Crippen LogP contribution is 2.41. The second-order valence-corrected chi connectivity index (χ2v) is 2.92. The van der Waals surface area contributed by atoms with Crippen LogP contribution in [-0.4, -0.2) is 22.4 Å². The minimum absolute atomic E-state index is 1.63. The Morgan fingerprint density at radius 1 is 1.62 bits per heavy atom. The minimum Gasteiger partial charge on any atom is -0.322 e. The van der Waals surface area contributed by atoms with E-state index in [4.69, 9.17) is 9.79 Å². The van der Waals surface area contributed by atoms with Gasteiger partial charge in [0.1, 0.15) is 6.67 Å². The molecule has 0 aliphatic heterocycles. The van der Waals surface area contributed by atoms with Crippen molar-refractivity contribution in [1.29, 1.82) is 0 Å². The molecule has 1 atom stereocenters. The highest BCUT2D eigenvalue weighted by molar-refractivity contribution is 7.52. The number of alkyl halides is 2. The van der Waals surface area contributed by atoms with Crippen LogP contribution in [0.25, 0.3) is 0 Å². The Morgan fingerprint density at radius 3 is 2.00 bits per heavy atom. The minimum atomic E-state index is -4.80. The molecule has 0 saturated heterocycles. The van der Waals surface area contributed by atoms with Gasteiger partial charge < -0.3 is 9.79 Å². The summed E-state index contributed by atoms with van der Waals surface area (Å²) in [4.78, 5) is 15.6. The first-order chi connectivity index (χ1) is 3.48. The van der Waals surface area contributed by atoms with Crippen molar-refractivity contribution in [2.75, 3.05) is 6.67 Å². The predicted molar refractivity (Wildman–Crippen MR) is 22.9 cm³/mol. The van der Waals surface area contributed by atoms with E-state index in [1.54, 1.807) is 0 Å². The van der Waals surface area contributed by atoms with E-state index >= 15 is 0 Å². The van der Waals surface area contributed by atoms with Gasteiger partial charge in [-0.2, -0.15) is 0 Å². The zero-order chi connectivity index (χ0) is 6.78. The Labute approximate surface area is 44.5 Å². The first-order valence-electron chi connectivity index (χ1n) is 1.73. The number of rotatable bonds is 2. The van der Waals surface area contributed by atoms with E-state index < -0.39 is 20.2 Å². The van der Waals surface area contributed by atoms with Gasteiger partial charge in [-0.1, -0.05) is 0 Å². The lowest BCUT2D eigenvalue weighted by Gasteiger charge is -2.03. The molecular formula is C2H5F2O3P. The third-order valence-electron chi connectivity index (χ3n) is 0.492. The Hall–Kier alpha value is 0.01000. The summed E-state index contributed by atoms with van der Waals surface area (Å²) < 4.78 is 32.2. The van der Waals surface area contributed by atoms with Crippen LogP contribution in [0.5, 0.6) is 0 Å². The maximum atomic E-state index is 11.5. The summed E-state index contributed by atoms with van der Waals surface area (Å²) in [6.45, 7) is -1.63. The molecule has 0 rings (SSSR count). The highest BCUT2D eigenvalue weighted by atomic mass is 31.2. The topological polar surface area (TPSA) is 57.5 Å². The third-order valence-corrected chi connectivity index (χ3v) is 1.36. The lowest BCUT2D eigenvalue weighted by atomic mass is 10.9. The van der Waals surface area contributed by atoms with E-state index in [9.17, 15) is 13.3 Å². The van der Waals surface area contributed by atoms with Gasteiger partial charge in [0.05, 0.1) is 0 Å². The molecule has 0 aromatic carbocycles. The monoisotopic (exact) mass is 146 g/mol. The van der Waals surface area contributed by atoms with Crippen molar-refractivity contribution in [1.82, 2.24) is 0 Å². The van der Waals surface area contributed by atoms with Gasteiger partial charge in [-0.05, 0) is 0 Å². The van der Waals surface area contributed by atoms with Gasteiger partial charge in [-0.15, -0.1) is 0 Å². The molecule has 0 aliphatic carbocycles. The van der Waals surface area contributed by atoms with E-state index in [2.05, 4.69) is 0 Å². The Morgan fingerprint density at radius 2 is 2.00 bits per heavy atom. The molecule has 0 aromatic rings. The molecule has 0 saturated carbocycles. The lowest BCUT2D eigenvalue weighted by molar-refractivity contribution is 0.263. The molecule has 0 spiro atoms. The molecule has 0 amide bonds. The van der Waals surface area contributed by atoms with Crippen molar-refractivity contribution in [3.05, 3.63) is 0 Å². The molecule has 0 bridgehead atoms. The van der Waals surface area contributed by atoms with E-state index in [1.807, 2.05) is 0 Å². The van der Waals surface area contributed by atoms with Crippen LogP contribution in [0, 0.1) is 0 Å². The summed E-state index contributed by atoms with van der Waals surface area (Å²) in [7, 11) is -4.80. The van der Waals surface area contributed by atoms with Crippen molar-refractivity contribution in [3.8, 4) is 0 Å². The van der Waals surface area contributed by atoms with Crippen LogP contribution in [0.2, 0.25) is 0 Å². The summed E-state index contributed by atoms with van der Waals surface area (Å²) in [5, 5.41) is 0. The molecular weight excluding hydrogens is 141 g/mol. The molecule has 0 aromatic heterocycles. The standard InChI is InChI=1S/C2H5F2O3P/c3-1-2(4)8(5,6)7/h2H,1H2,(H2,5,6,7). The van der Waals surface area contributed by atoms with E-state index in [-0.39, 0.29) is 0 Å². The average Bonchev–Trinajstić information content (AvgIpc) is 1.62. The fraction of sp³-hybridized carbons (Fsp3) is 1.00. The van der Waals surface area contributed by atoms with Crippen LogP contribution >= 0.6 is 7.60 Å². The molecule has 0 heterocycles. The Balaban J connectivity index is 3.82. The molecule has 6 heteroatoms. The van der Waals surface area contributed by atoms with E-state index in [0.717, 1.165) is 0 Å². The van der Waals surface area contributed by atoms with Gasteiger partial charge in [0.25, 0.3) is 0 Å². The van der Waals surface area contributed by atoms with Crippen molar-refractivity contribution in [3.63, 3.8) is 0 Å². The maximum Gasteiger partial charge on any atom is 0.362 e. The van der Waals surface area contributed by atoms with Crippen molar-refractivity contribution in [2.45, 2.75) is 5.91 Å². The normalized spacial score (nSPS) is 16.0. The fourth-order valence-corrected chi connectivity index (χ4v) is 0.270. The molecule has 0 radical (unpaired) electrons. The fourth-order valence-electron chi connectivity index (χ4n) is 0.0899. The smallest absolute Gasteiger partial charge is 0.322 e. The van der Waals surface area contributed by atoms with Gasteiger partial charge in [0, 0.05) is 0 Å². The maximum absolute atomic E-state index is 11.5. The summed E-state index contributed by atoms with van der Waals surface area (Å²) in [6.07, 6.45) is 0. The quantitative estimate of drug-likeness (QED) is 0.555. The van der Waals surface area contributed by atoms with Crippen LogP contribution in [0.4, 0.5) is 8.78 Å². The van der Waals surface area contributed by atoms with E-state index in [1.165, 1.54) is 0 Å². The summed E-state index contributed by atoms with van der Waals surface area (Å²) in [6, 6.07) is 0. The highest BCUT2D eigenvalue weighted by Gasteiger charge is 2.27. The lowest BCUT2D eigenvalue weighted by Crippen LogP contribution is -2.01. The van der Waals surface area contributed by atoms with Gasteiger partial charge in [-0.25, -0.2) is 8.78 Å². The largest absolute Gasteiger partial charge is 0.362 e. The van der Waals surface area contributed by atoms with Crippen LogP contribution in [-0.2, 0) is 4.57 Å². The average molecular weight is 146 g/mol. The summed E-state index contributed by atoms with van der Waals surface area (Å²) in [5.74, 6) is -2.65. The predicted octanol–water partition coefficient (Wildman–Crippen LogP) is 0.429. The van der Waals surface area contributed by atoms with Crippen LogP contribution in [0.15, 0.2) is 0 Å². The molecule has 50 valence electrons. The molecule has 1 unspecified atom stereocenters. The molecule has 0 fully saturated rings.